The van der Waals surface area contributed by atoms with Crippen LogP contribution in [-0.2, 0) is 4.79 Å². The molecule has 2 aromatic rings. The van der Waals surface area contributed by atoms with Gasteiger partial charge in [-0.15, -0.1) is 11.8 Å². The van der Waals surface area contributed by atoms with Crippen molar-refractivity contribution in [2.75, 3.05) is 25.3 Å². The van der Waals surface area contributed by atoms with E-state index in [1.54, 1.807) is 44.6 Å². The van der Waals surface area contributed by atoms with E-state index in [0.717, 1.165) is 4.90 Å². The number of anilines is 1. The molecule has 0 radical (unpaired) electrons. The van der Waals surface area contributed by atoms with Gasteiger partial charge < -0.3 is 20.5 Å². The molecule has 2 aromatic carbocycles. The summed E-state index contributed by atoms with van der Waals surface area (Å²) >= 11 is 1.38. The lowest BCUT2D eigenvalue weighted by Crippen LogP contribution is -2.15. The number of carbonyl (C=O) groups is 2. The van der Waals surface area contributed by atoms with Gasteiger partial charge in [0.1, 0.15) is 0 Å². The van der Waals surface area contributed by atoms with Gasteiger partial charge in [-0.1, -0.05) is 0 Å². The van der Waals surface area contributed by atoms with Gasteiger partial charge in [-0.3, -0.25) is 9.59 Å². The molecule has 0 bridgehead atoms. The van der Waals surface area contributed by atoms with Gasteiger partial charge in [0.2, 0.25) is 11.8 Å². The average Bonchev–Trinajstić information content (AvgIpc) is 2.60. The summed E-state index contributed by atoms with van der Waals surface area (Å²) < 4.78 is 10.4. The molecule has 0 heterocycles. The zero-order chi connectivity index (χ0) is 17.5. The van der Waals surface area contributed by atoms with Crippen LogP contribution in [0.5, 0.6) is 11.5 Å². The summed E-state index contributed by atoms with van der Waals surface area (Å²) in [4.78, 5) is 23.9. The number of ether oxygens (including phenoxy) is 2. The predicted molar refractivity (Wildman–Crippen MR) is 93.9 cm³/mol. The quantitative estimate of drug-likeness (QED) is 0.752. The van der Waals surface area contributed by atoms with Gasteiger partial charge in [0.05, 0.1) is 20.0 Å². The zero-order valence-corrected chi connectivity index (χ0v) is 14.2. The summed E-state index contributed by atoms with van der Waals surface area (Å²) in [5.41, 5.74) is 6.18. The first-order chi connectivity index (χ1) is 11.5. The molecule has 0 saturated carbocycles. The van der Waals surface area contributed by atoms with Crippen molar-refractivity contribution in [1.29, 1.82) is 0 Å². The molecule has 0 fully saturated rings. The Morgan fingerprint density at radius 3 is 2.29 bits per heavy atom. The molecule has 24 heavy (non-hydrogen) atoms. The standard InChI is InChI=1S/C17H18N2O4S/c1-22-14-8-7-13(9-15(14)23-2)24-10-16(20)19-12-5-3-11(4-6-12)17(18)21/h3-9H,10H2,1-2H3,(H2,18,21)(H,19,20). The number of thioether (sulfide) groups is 1. The molecule has 0 aromatic heterocycles. The first kappa shape index (κ1) is 17.7. The van der Waals surface area contributed by atoms with E-state index in [1.165, 1.54) is 11.8 Å². The third-order valence-electron chi connectivity index (χ3n) is 3.18. The lowest BCUT2D eigenvalue weighted by molar-refractivity contribution is -0.113. The highest BCUT2D eigenvalue weighted by Gasteiger charge is 2.08. The van der Waals surface area contributed by atoms with E-state index in [9.17, 15) is 9.59 Å². The van der Waals surface area contributed by atoms with E-state index in [4.69, 9.17) is 15.2 Å². The van der Waals surface area contributed by atoms with E-state index >= 15 is 0 Å². The van der Waals surface area contributed by atoms with Crippen LogP contribution in [0, 0.1) is 0 Å². The van der Waals surface area contributed by atoms with Crippen molar-refractivity contribution < 1.29 is 19.1 Å². The Morgan fingerprint density at radius 2 is 1.71 bits per heavy atom. The molecule has 0 aliphatic heterocycles. The first-order valence-electron chi connectivity index (χ1n) is 7.08. The van der Waals surface area contributed by atoms with Gasteiger partial charge in [-0.05, 0) is 42.5 Å². The second-order valence-corrected chi connectivity index (χ2v) is 5.84. The van der Waals surface area contributed by atoms with Gasteiger partial charge in [-0.25, -0.2) is 0 Å². The van der Waals surface area contributed by atoms with Crippen LogP contribution in [0.25, 0.3) is 0 Å². The third kappa shape index (κ3) is 4.66. The van der Waals surface area contributed by atoms with Crippen molar-refractivity contribution in [3.05, 3.63) is 48.0 Å². The number of hydrogen-bond donors (Lipinski definition) is 2. The lowest BCUT2D eigenvalue weighted by atomic mass is 10.2. The van der Waals surface area contributed by atoms with Gasteiger partial charge in [0, 0.05) is 16.1 Å². The number of methoxy groups -OCH3 is 2. The van der Waals surface area contributed by atoms with Crippen LogP contribution < -0.4 is 20.5 Å². The topological polar surface area (TPSA) is 90.6 Å². The molecule has 0 unspecified atom stereocenters. The van der Waals surface area contributed by atoms with E-state index in [1.807, 2.05) is 12.1 Å². The van der Waals surface area contributed by atoms with Crippen LogP contribution >= 0.6 is 11.8 Å². The van der Waals surface area contributed by atoms with Crippen molar-refractivity contribution in [3.8, 4) is 11.5 Å². The van der Waals surface area contributed by atoms with E-state index in [0.29, 0.717) is 22.7 Å². The van der Waals surface area contributed by atoms with Crippen molar-refractivity contribution in [2.45, 2.75) is 4.90 Å². The summed E-state index contributed by atoms with van der Waals surface area (Å²) in [6.45, 7) is 0. The fourth-order valence-corrected chi connectivity index (χ4v) is 2.69. The maximum absolute atomic E-state index is 12.0. The van der Waals surface area contributed by atoms with Gasteiger partial charge in [0.25, 0.3) is 0 Å². The molecule has 0 spiro atoms. The van der Waals surface area contributed by atoms with Crippen LogP contribution in [0.15, 0.2) is 47.4 Å². The first-order valence-corrected chi connectivity index (χ1v) is 8.06. The number of amides is 2. The van der Waals surface area contributed by atoms with E-state index in [-0.39, 0.29) is 11.7 Å². The molecule has 7 heteroatoms. The molecule has 3 N–H and O–H groups in total. The predicted octanol–water partition coefficient (Wildman–Crippen LogP) is 2.53. The Balaban J connectivity index is 1.92. The van der Waals surface area contributed by atoms with Gasteiger partial charge in [-0.2, -0.15) is 0 Å². The summed E-state index contributed by atoms with van der Waals surface area (Å²) in [5, 5.41) is 2.76. The molecular weight excluding hydrogens is 328 g/mol. The minimum absolute atomic E-state index is 0.151. The average molecular weight is 346 g/mol. The number of nitrogens with one attached hydrogen (secondary N) is 1. The van der Waals surface area contributed by atoms with Crippen molar-refractivity contribution >= 4 is 29.3 Å². The number of carbonyl (C=O) groups excluding carboxylic acids is 2. The molecule has 2 amide bonds. The Bertz CT molecular complexity index is 732. The van der Waals surface area contributed by atoms with Crippen LogP contribution in [-0.4, -0.2) is 31.8 Å². The molecule has 126 valence electrons. The highest BCUT2D eigenvalue weighted by Crippen LogP contribution is 2.31. The molecule has 6 nitrogen and oxygen atoms in total. The Morgan fingerprint density at radius 1 is 1.04 bits per heavy atom. The SMILES string of the molecule is COc1ccc(SCC(=O)Nc2ccc(C(N)=O)cc2)cc1OC. The summed E-state index contributed by atoms with van der Waals surface area (Å²) in [7, 11) is 3.14. The van der Waals surface area contributed by atoms with E-state index in [2.05, 4.69) is 5.32 Å². The maximum Gasteiger partial charge on any atom is 0.248 e. The highest BCUT2D eigenvalue weighted by atomic mass is 32.2. The molecule has 0 saturated heterocycles. The zero-order valence-electron chi connectivity index (χ0n) is 13.4. The normalized spacial score (nSPS) is 10.1. The second kappa shape index (κ2) is 8.26. The Kier molecular flexibility index (Phi) is 6.08. The number of primary amides is 1. The van der Waals surface area contributed by atoms with Crippen LogP contribution in [0.1, 0.15) is 10.4 Å². The highest BCUT2D eigenvalue weighted by molar-refractivity contribution is 8.00. The van der Waals surface area contributed by atoms with Crippen molar-refractivity contribution in [2.24, 2.45) is 5.73 Å². The van der Waals surface area contributed by atoms with Crippen LogP contribution in [0.4, 0.5) is 5.69 Å². The molecular formula is C17H18N2O4S. The van der Waals surface area contributed by atoms with Crippen molar-refractivity contribution in [1.82, 2.24) is 0 Å². The lowest BCUT2D eigenvalue weighted by Gasteiger charge is -2.09. The second-order valence-electron chi connectivity index (χ2n) is 4.80. The van der Waals surface area contributed by atoms with Gasteiger partial charge >= 0.3 is 0 Å². The number of nitrogens with two attached hydrogens (primary N) is 1. The monoisotopic (exact) mass is 346 g/mol. The largest absolute Gasteiger partial charge is 0.493 e. The molecule has 2 rings (SSSR count). The minimum atomic E-state index is -0.503. The van der Waals surface area contributed by atoms with Crippen LogP contribution in [0.3, 0.4) is 0 Å². The smallest absolute Gasteiger partial charge is 0.248 e. The van der Waals surface area contributed by atoms with Crippen molar-refractivity contribution in [3.63, 3.8) is 0 Å². The fraction of sp³-hybridized carbons (Fsp3) is 0.176. The van der Waals surface area contributed by atoms with E-state index < -0.39 is 5.91 Å². The fourth-order valence-electron chi connectivity index (χ4n) is 1.97. The Labute approximate surface area is 144 Å². The van der Waals surface area contributed by atoms with Crippen LogP contribution in [0.2, 0.25) is 0 Å². The summed E-state index contributed by atoms with van der Waals surface area (Å²) in [6.07, 6.45) is 0. The third-order valence-corrected chi connectivity index (χ3v) is 4.17. The molecule has 0 aliphatic carbocycles. The number of rotatable bonds is 7. The molecule has 0 aliphatic rings. The van der Waals surface area contributed by atoms with Gasteiger partial charge in [0.15, 0.2) is 11.5 Å². The Hall–Kier alpha value is -2.67. The summed E-state index contributed by atoms with van der Waals surface area (Å²) in [6, 6.07) is 11.9. The molecule has 0 atom stereocenters. The number of benzene rings is 2. The minimum Gasteiger partial charge on any atom is -0.493 e. The maximum atomic E-state index is 12.0. The number of hydrogen-bond acceptors (Lipinski definition) is 5. The summed E-state index contributed by atoms with van der Waals surface area (Å²) in [5.74, 6) is 0.844.